The third kappa shape index (κ3) is 2.81. The molecule has 6 heteroatoms. The Balaban J connectivity index is 2.01. The average Bonchev–Trinajstić information content (AvgIpc) is 2.40. The van der Waals surface area contributed by atoms with Crippen molar-refractivity contribution in [2.24, 2.45) is 11.1 Å². The van der Waals surface area contributed by atoms with Crippen molar-refractivity contribution in [1.82, 2.24) is 5.32 Å². The molecule has 2 fully saturated rings. The van der Waals surface area contributed by atoms with Crippen molar-refractivity contribution in [3.63, 3.8) is 0 Å². The highest BCUT2D eigenvalue weighted by molar-refractivity contribution is 7.80. The highest BCUT2D eigenvalue weighted by atomic mass is 32.1. The van der Waals surface area contributed by atoms with E-state index in [2.05, 4.69) is 5.32 Å². The van der Waals surface area contributed by atoms with E-state index in [9.17, 15) is 4.79 Å². The Morgan fingerprint density at radius 2 is 2.00 bits per heavy atom. The van der Waals surface area contributed by atoms with Crippen LogP contribution >= 0.6 is 12.2 Å². The second kappa shape index (κ2) is 5.95. The van der Waals surface area contributed by atoms with E-state index in [1.54, 1.807) is 0 Å². The van der Waals surface area contributed by atoms with Crippen molar-refractivity contribution in [3.05, 3.63) is 0 Å². The molecule has 0 aliphatic carbocycles. The molecule has 1 atom stereocenters. The van der Waals surface area contributed by atoms with Gasteiger partial charge in [0.2, 0.25) is 5.91 Å². The van der Waals surface area contributed by atoms with E-state index in [1.165, 1.54) is 0 Å². The molecule has 1 unspecified atom stereocenters. The van der Waals surface area contributed by atoms with Gasteiger partial charge in [0.05, 0.1) is 17.6 Å². The van der Waals surface area contributed by atoms with E-state index in [0.717, 1.165) is 19.4 Å². The van der Waals surface area contributed by atoms with E-state index in [-0.39, 0.29) is 16.9 Å². The van der Waals surface area contributed by atoms with Gasteiger partial charge in [0.15, 0.2) is 0 Å². The number of rotatable bonds is 3. The summed E-state index contributed by atoms with van der Waals surface area (Å²) >= 11 is 5.10. The van der Waals surface area contributed by atoms with Crippen LogP contribution in [0.1, 0.15) is 25.7 Å². The fourth-order valence-corrected chi connectivity index (χ4v) is 2.78. The van der Waals surface area contributed by atoms with Gasteiger partial charge >= 0.3 is 0 Å². The first kappa shape index (κ1) is 13.7. The number of nitrogens with two attached hydrogens (primary N) is 1. The zero-order valence-corrected chi connectivity index (χ0v) is 11.3. The van der Waals surface area contributed by atoms with Crippen LogP contribution in [0.15, 0.2) is 0 Å². The Morgan fingerprint density at radius 3 is 2.56 bits per heavy atom. The molecular formula is C12H20N2O3S. The lowest BCUT2D eigenvalue weighted by atomic mass is 9.79. The van der Waals surface area contributed by atoms with E-state index >= 15 is 0 Å². The van der Waals surface area contributed by atoms with E-state index in [4.69, 9.17) is 27.4 Å². The van der Waals surface area contributed by atoms with Crippen molar-refractivity contribution in [3.8, 4) is 0 Å². The molecule has 2 rings (SSSR count). The molecule has 0 aromatic rings. The molecule has 18 heavy (non-hydrogen) atoms. The van der Waals surface area contributed by atoms with Crippen LogP contribution in [0.25, 0.3) is 0 Å². The molecule has 0 spiro atoms. The molecule has 2 saturated heterocycles. The standard InChI is InChI=1S/C12H20N2O3S/c13-10(18)12(3-6-16-7-4-12)11(15)14-9-2-1-5-17-8-9/h9H,1-8H2,(H2,13,18)(H,14,15). The predicted molar refractivity (Wildman–Crippen MR) is 71.3 cm³/mol. The lowest BCUT2D eigenvalue weighted by Gasteiger charge is -2.36. The van der Waals surface area contributed by atoms with Gasteiger partial charge in [0.1, 0.15) is 5.41 Å². The van der Waals surface area contributed by atoms with Crippen molar-refractivity contribution in [2.75, 3.05) is 26.4 Å². The molecule has 0 saturated carbocycles. The van der Waals surface area contributed by atoms with Crippen molar-refractivity contribution < 1.29 is 14.3 Å². The summed E-state index contributed by atoms with van der Waals surface area (Å²) in [5.41, 5.74) is 5.06. The number of amides is 1. The minimum atomic E-state index is -0.731. The largest absolute Gasteiger partial charge is 0.392 e. The van der Waals surface area contributed by atoms with Crippen molar-refractivity contribution in [1.29, 1.82) is 0 Å². The maximum absolute atomic E-state index is 12.4. The number of thiocarbonyl (C=S) groups is 1. The van der Waals surface area contributed by atoms with E-state index in [0.29, 0.717) is 32.7 Å². The predicted octanol–water partition coefficient (Wildman–Crippen LogP) is 0.364. The summed E-state index contributed by atoms with van der Waals surface area (Å²) in [5.74, 6) is -0.0613. The van der Waals surface area contributed by atoms with Gasteiger partial charge < -0.3 is 20.5 Å². The second-order valence-corrected chi connectivity index (χ2v) is 5.39. The summed E-state index contributed by atoms with van der Waals surface area (Å²) in [6.07, 6.45) is 3.08. The number of ether oxygens (including phenoxy) is 2. The molecule has 0 bridgehead atoms. The molecule has 102 valence electrons. The van der Waals surface area contributed by atoms with Crippen LogP contribution in [0, 0.1) is 5.41 Å². The molecule has 2 aliphatic rings. The SMILES string of the molecule is NC(=S)C1(C(=O)NC2CCCOC2)CCOCC1. The van der Waals surface area contributed by atoms with Crippen molar-refractivity contribution in [2.45, 2.75) is 31.7 Å². The highest BCUT2D eigenvalue weighted by Crippen LogP contribution is 2.31. The van der Waals surface area contributed by atoms with Crippen molar-refractivity contribution >= 4 is 23.1 Å². The fourth-order valence-electron chi connectivity index (χ4n) is 2.48. The molecule has 0 radical (unpaired) electrons. The first-order chi connectivity index (χ1) is 8.65. The number of hydrogen-bond donors (Lipinski definition) is 2. The van der Waals surface area contributed by atoms with Gasteiger partial charge in [-0.25, -0.2) is 0 Å². The topological polar surface area (TPSA) is 73.6 Å². The molecule has 2 heterocycles. The second-order valence-electron chi connectivity index (χ2n) is 4.95. The number of carbonyl (C=O) groups is 1. The molecule has 0 aromatic carbocycles. The number of hydrogen-bond acceptors (Lipinski definition) is 4. The van der Waals surface area contributed by atoms with Crippen LogP contribution in [0.2, 0.25) is 0 Å². The van der Waals surface area contributed by atoms with Gasteiger partial charge in [-0.1, -0.05) is 12.2 Å². The fraction of sp³-hybridized carbons (Fsp3) is 0.833. The molecular weight excluding hydrogens is 252 g/mol. The molecule has 2 aliphatic heterocycles. The van der Waals surface area contributed by atoms with Crippen LogP contribution in [-0.4, -0.2) is 43.4 Å². The Hall–Kier alpha value is -0.720. The zero-order valence-electron chi connectivity index (χ0n) is 10.4. The molecule has 5 nitrogen and oxygen atoms in total. The van der Waals surface area contributed by atoms with Gasteiger partial charge in [-0.3, -0.25) is 4.79 Å². The van der Waals surface area contributed by atoms with Gasteiger partial charge in [0.25, 0.3) is 0 Å². The summed E-state index contributed by atoms with van der Waals surface area (Å²) in [5, 5.41) is 3.02. The normalized spacial score (nSPS) is 27.4. The number of nitrogens with one attached hydrogen (secondary N) is 1. The summed E-state index contributed by atoms with van der Waals surface area (Å²) < 4.78 is 10.7. The Kier molecular flexibility index (Phi) is 4.53. The van der Waals surface area contributed by atoms with Crippen LogP contribution in [-0.2, 0) is 14.3 Å². The van der Waals surface area contributed by atoms with E-state index in [1.807, 2.05) is 0 Å². The summed E-state index contributed by atoms with van der Waals surface area (Å²) in [6.45, 7) is 2.42. The maximum atomic E-state index is 12.4. The lowest BCUT2D eigenvalue weighted by molar-refractivity contribution is -0.133. The monoisotopic (exact) mass is 272 g/mol. The third-order valence-corrected chi connectivity index (χ3v) is 4.14. The molecule has 3 N–H and O–H groups in total. The first-order valence-corrected chi connectivity index (χ1v) is 6.82. The van der Waals surface area contributed by atoms with Crippen LogP contribution in [0.4, 0.5) is 0 Å². The quantitative estimate of drug-likeness (QED) is 0.726. The van der Waals surface area contributed by atoms with Gasteiger partial charge in [0, 0.05) is 19.8 Å². The third-order valence-electron chi connectivity index (χ3n) is 3.75. The van der Waals surface area contributed by atoms with Gasteiger partial charge in [-0.2, -0.15) is 0 Å². The summed E-state index contributed by atoms with van der Waals surface area (Å²) in [6, 6.07) is 0.0836. The maximum Gasteiger partial charge on any atom is 0.233 e. The van der Waals surface area contributed by atoms with Crippen LogP contribution in [0.5, 0.6) is 0 Å². The smallest absolute Gasteiger partial charge is 0.233 e. The Bertz CT molecular complexity index is 323. The lowest BCUT2D eigenvalue weighted by Crippen LogP contribution is -2.55. The highest BCUT2D eigenvalue weighted by Gasteiger charge is 2.43. The van der Waals surface area contributed by atoms with Crippen LogP contribution in [0.3, 0.4) is 0 Å². The minimum absolute atomic E-state index is 0.0613. The molecule has 0 aromatic heterocycles. The molecule has 1 amide bonds. The summed E-state index contributed by atoms with van der Waals surface area (Å²) in [7, 11) is 0. The van der Waals surface area contributed by atoms with Gasteiger partial charge in [-0.15, -0.1) is 0 Å². The minimum Gasteiger partial charge on any atom is -0.392 e. The first-order valence-electron chi connectivity index (χ1n) is 6.41. The summed E-state index contributed by atoms with van der Waals surface area (Å²) in [4.78, 5) is 12.7. The Morgan fingerprint density at radius 1 is 1.28 bits per heavy atom. The zero-order chi connectivity index (χ0) is 13.0. The number of carbonyl (C=O) groups excluding carboxylic acids is 1. The van der Waals surface area contributed by atoms with Gasteiger partial charge in [-0.05, 0) is 25.7 Å². The van der Waals surface area contributed by atoms with E-state index < -0.39 is 5.41 Å². The Labute approximate surface area is 112 Å². The van der Waals surface area contributed by atoms with Crippen LogP contribution < -0.4 is 11.1 Å². The average molecular weight is 272 g/mol.